The molecule has 0 spiro atoms. The molecule has 2 aromatic rings. The Kier molecular flexibility index (Phi) is 3.91. The lowest BCUT2D eigenvalue weighted by Gasteiger charge is -2.21. The first kappa shape index (κ1) is 12.3. The molecule has 0 saturated carbocycles. The van der Waals surface area contributed by atoms with Gasteiger partial charge in [0, 0.05) is 19.7 Å². The van der Waals surface area contributed by atoms with E-state index >= 15 is 0 Å². The normalized spacial score (nSPS) is 11.0. The number of fused-ring (bicyclic) bond motifs is 1. The molecule has 0 radical (unpaired) electrons. The van der Waals surface area contributed by atoms with Crippen molar-refractivity contribution in [2.24, 2.45) is 0 Å². The van der Waals surface area contributed by atoms with Crippen molar-refractivity contribution in [3.8, 4) is 0 Å². The monoisotopic (exact) mass is 251 g/mol. The molecule has 0 bridgehead atoms. The van der Waals surface area contributed by atoms with E-state index in [1.807, 2.05) is 0 Å². The van der Waals surface area contributed by atoms with Crippen molar-refractivity contribution in [2.75, 3.05) is 24.6 Å². The number of hydrogen-bond donors (Lipinski definition) is 1. The predicted octanol–water partition coefficient (Wildman–Crippen LogP) is 2.21. The van der Waals surface area contributed by atoms with Crippen LogP contribution in [0.5, 0.6) is 0 Å². The van der Waals surface area contributed by atoms with E-state index in [2.05, 4.69) is 34.1 Å². The van der Waals surface area contributed by atoms with Crippen molar-refractivity contribution in [3.63, 3.8) is 0 Å². The molecule has 0 aliphatic carbocycles. The summed E-state index contributed by atoms with van der Waals surface area (Å²) in [5, 5.41) is 11.0. The van der Waals surface area contributed by atoms with Gasteiger partial charge in [-0.05, 0) is 31.2 Å². The number of aliphatic hydroxyl groups excluding tert-OH is 1. The molecule has 2 heterocycles. The Bertz CT molecular complexity index is 497. The lowest BCUT2D eigenvalue weighted by atomic mass is 10.3. The van der Waals surface area contributed by atoms with Gasteiger partial charge in [0.15, 0.2) is 0 Å². The van der Waals surface area contributed by atoms with Crippen molar-refractivity contribution >= 4 is 27.4 Å². The molecule has 0 amide bonds. The van der Waals surface area contributed by atoms with Gasteiger partial charge in [-0.2, -0.15) is 0 Å². The molecule has 4 nitrogen and oxygen atoms in total. The first-order valence-electron chi connectivity index (χ1n) is 5.82. The van der Waals surface area contributed by atoms with E-state index in [0.717, 1.165) is 35.5 Å². The van der Waals surface area contributed by atoms with Crippen molar-refractivity contribution in [1.82, 2.24) is 9.97 Å². The Morgan fingerprint density at radius 1 is 1.41 bits per heavy atom. The fraction of sp³-hybridized carbons (Fsp3) is 0.500. The third-order valence-electron chi connectivity index (χ3n) is 2.78. The highest BCUT2D eigenvalue weighted by Gasteiger charge is 2.13. The molecule has 0 unspecified atom stereocenters. The first-order chi connectivity index (χ1) is 8.27. The van der Waals surface area contributed by atoms with Crippen LogP contribution >= 0.6 is 11.3 Å². The minimum Gasteiger partial charge on any atom is -0.396 e. The van der Waals surface area contributed by atoms with Crippen LogP contribution in [0.4, 0.5) is 5.82 Å². The van der Waals surface area contributed by atoms with Crippen LogP contribution in [-0.2, 0) is 0 Å². The maximum atomic E-state index is 8.92. The molecule has 17 heavy (non-hydrogen) atoms. The van der Waals surface area contributed by atoms with Crippen LogP contribution in [0.2, 0.25) is 0 Å². The fourth-order valence-electron chi connectivity index (χ4n) is 1.86. The molecule has 0 aliphatic rings. The van der Waals surface area contributed by atoms with Gasteiger partial charge in [-0.15, -0.1) is 11.3 Å². The lowest BCUT2D eigenvalue weighted by molar-refractivity contribution is 0.289. The van der Waals surface area contributed by atoms with E-state index in [-0.39, 0.29) is 6.61 Å². The highest BCUT2D eigenvalue weighted by molar-refractivity contribution is 7.18. The van der Waals surface area contributed by atoms with Crippen molar-refractivity contribution in [3.05, 3.63) is 17.3 Å². The second kappa shape index (κ2) is 5.42. The zero-order valence-electron chi connectivity index (χ0n) is 10.2. The van der Waals surface area contributed by atoms with E-state index < -0.39 is 0 Å². The highest BCUT2D eigenvalue weighted by Crippen LogP contribution is 2.30. The summed E-state index contributed by atoms with van der Waals surface area (Å²) in [4.78, 5) is 10.9. The molecule has 1 N–H and O–H groups in total. The molecular weight excluding hydrogens is 234 g/mol. The predicted molar refractivity (Wildman–Crippen MR) is 71.7 cm³/mol. The molecular formula is C12H17N3OS. The molecule has 0 aliphatic heterocycles. The number of anilines is 1. The summed E-state index contributed by atoms with van der Waals surface area (Å²) in [6, 6.07) is 0. The standard InChI is InChI=1S/C12H17N3OS/c1-3-15(5-4-6-16)12-11-10(13-8-14-12)9(2)7-17-11/h7-8,16H,3-6H2,1-2H3. The first-order valence-corrected chi connectivity index (χ1v) is 6.70. The third-order valence-corrected chi connectivity index (χ3v) is 3.86. The summed E-state index contributed by atoms with van der Waals surface area (Å²) in [6.45, 7) is 6.11. The number of aliphatic hydroxyl groups is 1. The Morgan fingerprint density at radius 3 is 2.94 bits per heavy atom. The molecule has 0 atom stereocenters. The van der Waals surface area contributed by atoms with Crippen LogP contribution in [0.25, 0.3) is 10.2 Å². The third kappa shape index (κ3) is 2.40. The summed E-state index contributed by atoms with van der Waals surface area (Å²) >= 11 is 1.69. The minimum absolute atomic E-state index is 0.216. The number of thiophene rings is 1. The van der Waals surface area contributed by atoms with Gasteiger partial charge in [0.1, 0.15) is 12.1 Å². The number of aryl methyl sites for hydroxylation is 1. The highest BCUT2D eigenvalue weighted by atomic mass is 32.1. The van der Waals surface area contributed by atoms with Crippen molar-refractivity contribution in [2.45, 2.75) is 20.3 Å². The Labute approximate surface area is 105 Å². The van der Waals surface area contributed by atoms with Crippen LogP contribution in [0.1, 0.15) is 18.9 Å². The van der Waals surface area contributed by atoms with Gasteiger partial charge in [0.05, 0.1) is 10.2 Å². The summed E-state index contributed by atoms with van der Waals surface area (Å²) in [5.41, 5.74) is 2.24. The average molecular weight is 251 g/mol. The van der Waals surface area contributed by atoms with Crippen molar-refractivity contribution in [1.29, 1.82) is 0 Å². The van der Waals surface area contributed by atoms with Crippen molar-refractivity contribution < 1.29 is 5.11 Å². The topological polar surface area (TPSA) is 49.2 Å². The average Bonchev–Trinajstić information content (AvgIpc) is 2.73. The summed E-state index contributed by atoms with van der Waals surface area (Å²) < 4.78 is 1.14. The number of aromatic nitrogens is 2. The largest absolute Gasteiger partial charge is 0.396 e. The van der Waals surface area contributed by atoms with Crippen LogP contribution in [-0.4, -0.2) is 34.8 Å². The zero-order valence-corrected chi connectivity index (χ0v) is 11.0. The second-order valence-electron chi connectivity index (χ2n) is 3.95. The van der Waals surface area contributed by atoms with Crippen LogP contribution in [0.3, 0.4) is 0 Å². The molecule has 92 valence electrons. The molecule has 5 heteroatoms. The number of rotatable bonds is 5. The van der Waals surface area contributed by atoms with Gasteiger partial charge in [0.25, 0.3) is 0 Å². The van der Waals surface area contributed by atoms with Gasteiger partial charge >= 0.3 is 0 Å². The number of hydrogen-bond acceptors (Lipinski definition) is 5. The molecule has 2 aromatic heterocycles. The maximum Gasteiger partial charge on any atom is 0.150 e. The van der Waals surface area contributed by atoms with Crippen LogP contribution < -0.4 is 4.90 Å². The number of nitrogens with zero attached hydrogens (tertiary/aromatic N) is 3. The zero-order chi connectivity index (χ0) is 12.3. The van der Waals surface area contributed by atoms with Crippen LogP contribution in [0, 0.1) is 6.92 Å². The van der Waals surface area contributed by atoms with Gasteiger partial charge < -0.3 is 10.0 Å². The SMILES string of the molecule is CCN(CCCO)c1ncnc2c(C)csc12. The quantitative estimate of drug-likeness (QED) is 0.885. The van der Waals surface area contributed by atoms with Gasteiger partial charge in [-0.3, -0.25) is 0 Å². The van der Waals surface area contributed by atoms with Gasteiger partial charge in [0.2, 0.25) is 0 Å². The fourth-order valence-corrected chi connectivity index (χ4v) is 2.88. The summed E-state index contributed by atoms with van der Waals surface area (Å²) in [6.07, 6.45) is 2.39. The minimum atomic E-state index is 0.216. The van der Waals surface area contributed by atoms with E-state index in [0.29, 0.717) is 0 Å². The molecule has 0 aromatic carbocycles. The lowest BCUT2D eigenvalue weighted by Crippen LogP contribution is -2.25. The molecule has 0 fully saturated rings. The van der Waals surface area contributed by atoms with Gasteiger partial charge in [-0.1, -0.05) is 0 Å². The van der Waals surface area contributed by atoms with E-state index in [1.165, 1.54) is 5.56 Å². The Balaban J connectivity index is 2.39. The van der Waals surface area contributed by atoms with E-state index in [4.69, 9.17) is 5.11 Å². The Hall–Kier alpha value is -1.20. The maximum absolute atomic E-state index is 8.92. The van der Waals surface area contributed by atoms with E-state index in [1.54, 1.807) is 17.7 Å². The van der Waals surface area contributed by atoms with E-state index in [9.17, 15) is 0 Å². The molecule has 0 saturated heterocycles. The smallest absolute Gasteiger partial charge is 0.150 e. The summed E-state index contributed by atoms with van der Waals surface area (Å²) in [7, 11) is 0. The Morgan fingerprint density at radius 2 is 2.24 bits per heavy atom. The second-order valence-corrected chi connectivity index (χ2v) is 4.83. The molecule has 2 rings (SSSR count). The van der Waals surface area contributed by atoms with Gasteiger partial charge in [-0.25, -0.2) is 9.97 Å². The summed E-state index contributed by atoms with van der Waals surface area (Å²) in [5.74, 6) is 0.990. The van der Waals surface area contributed by atoms with Crippen LogP contribution in [0.15, 0.2) is 11.7 Å².